The van der Waals surface area contributed by atoms with Crippen LogP contribution < -0.4 is 5.73 Å². The van der Waals surface area contributed by atoms with Gasteiger partial charge in [-0.1, -0.05) is 6.07 Å². The van der Waals surface area contributed by atoms with E-state index in [0.29, 0.717) is 6.04 Å². The lowest BCUT2D eigenvalue weighted by Crippen LogP contribution is -2.02. The Kier molecular flexibility index (Phi) is 2.23. The molecule has 0 spiro atoms. The number of nitrogens with two attached hydrogens (primary N) is 1. The summed E-state index contributed by atoms with van der Waals surface area (Å²) >= 11 is 3.52. The smallest absolute Gasteiger partial charge is 0.114 e. The van der Waals surface area contributed by atoms with Crippen LogP contribution in [0.4, 0.5) is 5.69 Å². The minimum Gasteiger partial charge on any atom is -0.398 e. The molecule has 1 aromatic heterocycles. The van der Waals surface area contributed by atoms with Crippen molar-refractivity contribution in [3.63, 3.8) is 0 Å². The molecule has 2 N–H and O–H groups in total. The highest BCUT2D eigenvalue weighted by Crippen LogP contribution is 2.30. The van der Waals surface area contributed by atoms with Crippen LogP contribution in [0.5, 0.6) is 0 Å². The zero-order chi connectivity index (χ0) is 10.3. The zero-order valence-corrected chi connectivity index (χ0v) is 9.75. The van der Waals surface area contributed by atoms with Crippen molar-refractivity contribution in [3.8, 4) is 0 Å². The molecule has 0 amide bonds. The second-order valence-corrected chi connectivity index (χ2v) is 4.32. The Morgan fingerprint density at radius 2 is 2.14 bits per heavy atom. The van der Waals surface area contributed by atoms with E-state index in [1.807, 2.05) is 22.9 Å². The molecule has 2 aromatic rings. The number of nitrogen functional groups attached to an aromatic ring is 1. The van der Waals surface area contributed by atoms with Gasteiger partial charge in [0.2, 0.25) is 0 Å². The van der Waals surface area contributed by atoms with Gasteiger partial charge in [-0.05, 0) is 41.9 Å². The SMILES string of the molecule is CC(C)n1nc2cccc(N)c2c1Br. The van der Waals surface area contributed by atoms with E-state index in [-0.39, 0.29) is 0 Å². The Bertz CT molecular complexity index is 473. The molecule has 0 fully saturated rings. The van der Waals surface area contributed by atoms with Gasteiger partial charge in [-0.2, -0.15) is 5.10 Å². The van der Waals surface area contributed by atoms with Crippen LogP contribution in [0.15, 0.2) is 22.8 Å². The lowest BCUT2D eigenvalue weighted by atomic mass is 10.2. The molecular weight excluding hydrogens is 242 g/mol. The molecule has 0 aliphatic rings. The number of benzene rings is 1. The van der Waals surface area contributed by atoms with Crippen molar-refractivity contribution in [1.82, 2.24) is 9.78 Å². The van der Waals surface area contributed by atoms with E-state index in [4.69, 9.17) is 5.73 Å². The fourth-order valence-corrected chi connectivity index (χ4v) is 2.40. The summed E-state index contributed by atoms with van der Waals surface area (Å²) in [4.78, 5) is 0. The van der Waals surface area contributed by atoms with Crippen molar-refractivity contribution in [2.45, 2.75) is 19.9 Å². The maximum atomic E-state index is 5.89. The van der Waals surface area contributed by atoms with Crippen molar-refractivity contribution in [1.29, 1.82) is 0 Å². The molecule has 1 heterocycles. The zero-order valence-electron chi connectivity index (χ0n) is 8.16. The summed E-state index contributed by atoms with van der Waals surface area (Å²) < 4.78 is 2.89. The molecular formula is C10H12BrN3. The van der Waals surface area contributed by atoms with E-state index in [1.54, 1.807) is 0 Å². The second-order valence-electron chi connectivity index (χ2n) is 3.57. The molecule has 1 aromatic carbocycles. The molecule has 0 aliphatic heterocycles. The first-order valence-electron chi connectivity index (χ1n) is 4.53. The molecule has 0 unspecified atom stereocenters. The van der Waals surface area contributed by atoms with Crippen molar-refractivity contribution in [2.24, 2.45) is 0 Å². The van der Waals surface area contributed by atoms with E-state index >= 15 is 0 Å². The Hall–Kier alpha value is -1.03. The first-order chi connectivity index (χ1) is 6.61. The Balaban J connectivity index is 2.81. The molecule has 14 heavy (non-hydrogen) atoms. The highest BCUT2D eigenvalue weighted by molar-refractivity contribution is 9.10. The predicted molar refractivity (Wildman–Crippen MR) is 62.2 cm³/mol. The summed E-state index contributed by atoms with van der Waals surface area (Å²) in [6, 6.07) is 6.10. The van der Waals surface area contributed by atoms with Crippen LogP contribution >= 0.6 is 15.9 Å². The monoisotopic (exact) mass is 253 g/mol. The molecule has 2 rings (SSSR count). The molecule has 0 bridgehead atoms. The molecule has 74 valence electrons. The molecule has 0 radical (unpaired) electrons. The van der Waals surface area contributed by atoms with E-state index in [2.05, 4.69) is 34.9 Å². The van der Waals surface area contributed by atoms with Crippen LogP contribution in [0.1, 0.15) is 19.9 Å². The molecule has 0 aliphatic carbocycles. The summed E-state index contributed by atoms with van der Waals surface area (Å²) in [6.07, 6.45) is 0. The van der Waals surface area contributed by atoms with Crippen LogP contribution in [0.25, 0.3) is 10.9 Å². The maximum Gasteiger partial charge on any atom is 0.114 e. The fourth-order valence-electron chi connectivity index (χ4n) is 1.48. The first kappa shape index (κ1) is 9.52. The quantitative estimate of drug-likeness (QED) is 0.795. The number of hydrogen-bond donors (Lipinski definition) is 1. The average molecular weight is 254 g/mol. The van der Waals surface area contributed by atoms with Gasteiger partial charge < -0.3 is 5.73 Å². The third-order valence-corrected chi connectivity index (χ3v) is 2.95. The number of rotatable bonds is 1. The van der Waals surface area contributed by atoms with Crippen LogP contribution in [-0.2, 0) is 0 Å². The van der Waals surface area contributed by atoms with E-state index in [1.165, 1.54) is 0 Å². The van der Waals surface area contributed by atoms with Gasteiger partial charge in [0.25, 0.3) is 0 Å². The summed E-state index contributed by atoms with van der Waals surface area (Å²) in [7, 11) is 0. The fraction of sp³-hybridized carbons (Fsp3) is 0.300. The van der Waals surface area contributed by atoms with E-state index in [0.717, 1.165) is 21.2 Å². The van der Waals surface area contributed by atoms with Gasteiger partial charge in [-0.25, -0.2) is 0 Å². The van der Waals surface area contributed by atoms with Gasteiger partial charge >= 0.3 is 0 Å². The van der Waals surface area contributed by atoms with Crippen LogP contribution in [0, 0.1) is 0 Å². The Morgan fingerprint density at radius 1 is 1.43 bits per heavy atom. The molecule has 0 atom stereocenters. The second kappa shape index (κ2) is 3.28. The van der Waals surface area contributed by atoms with Crippen molar-refractivity contribution in [2.75, 3.05) is 5.73 Å². The largest absolute Gasteiger partial charge is 0.398 e. The Labute approximate surface area is 91.0 Å². The van der Waals surface area contributed by atoms with Gasteiger partial charge in [0, 0.05) is 11.7 Å². The topological polar surface area (TPSA) is 43.8 Å². The summed E-state index contributed by atoms with van der Waals surface area (Å²) in [5, 5.41) is 5.46. The van der Waals surface area contributed by atoms with Gasteiger partial charge in [0.1, 0.15) is 4.60 Å². The molecule has 3 nitrogen and oxygen atoms in total. The van der Waals surface area contributed by atoms with Crippen molar-refractivity contribution >= 4 is 32.5 Å². The third-order valence-electron chi connectivity index (χ3n) is 2.19. The number of halogens is 1. The highest BCUT2D eigenvalue weighted by atomic mass is 79.9. The minimum atomic E-state index is 0.330. The number of nitrogens with zero attached hydrogens (tertiary/aromatic N) is 2. The van der Waals surface area contributed by atoms with Crippen LogP contribution in [0.3, 0.4) is 0 Å². The standard InChI is InChI=1S/C10H12BrN3/c1-6(2)14-10(11)9-7(12)4-3-5-8(9)13-14/h3-6H,12H2,1-2H3. The van der Waals surface area contributed by atoms with Crippen LogP contribution in [0.2, 0.25) is 0 Å². The number of fused-ring (bicyclic) bond motifs is 1. The number of anilines is 1. The Morgan fingerprint density at radius 3 is 2.71 bits per heavy atom. The number of hydrogen-bond acceptors (Lipinski definition) is 2. The lowest BCUT2D eigenvalue weighted by Gasteiger charge is -2.05. The normalized spacial score (nSPS) is 11.4. The maximum absolute atomic E-state index is 5.89. The average Bonchev–Trinajstić information content (AvgIpc) is 2.45. The summed E-state index contributed by atoms with van der Waals surface area (Å²) in [5.74, 6) is 0. The van der Waals surface area contributed by atoms with Crippen LogP contribution in [-0.4, -0.2) is 9.78 Å². The summed E-state index contributed by atoms with van der Waals surface area (Å²) in [5.41, 5.74) is 7.59. The van der Waals surface area contributed by atoms with E-state index < -0.39 is 0 Å². The van der Waals surface area contributed by atoms with Gasteiger partial charge in [0.05, 0.1) is 10.9 Å². The van der Waals surface area contributed by atoms with E-state index in [9.17, 15) is 0 Å². The molecule has 0 saturated heterocycles. The van der Waals surface area contributed by atoms with Gasteiger partial charge in [0.15, 0.2) is 0 Å². The van der Waals surface area contributed by atoms with Crippen molar-refractivity contribution in [3.05, 3.63) is 22.8 Å². The lowest BCUT2D eigenvalue weighted by molar-refractivity contribution is 0.527. The van der Waals surface area contributed by atoms with Crippen molar-refractivity contribution < 1.29 is 0 Å². The highest BCUT2D eigenvalue weighted by Gasteiger charge is 2.12. The number of aromatic nitrogens is 2. The first-order valence-corrected chi connectivity index (χ1v) is 5.32. The summed E-state index contributed by atoms with van der Waals surface area (Å²) in [6.45, 7) is 4.18. The van der Waals surface area contributed by atoms with Gasteiger partial charge in [-0.3, -0.25) is 4.68 Å². The molecule has 4 heteroatoms. The molecule has 0 saturated carbocycles. The van der Waals surface area contributed by atoms with Gasteiger partial charge in [-0.15, -0.1) is 0 Å². The predicted octanol–water partition coefficient (Wildman–Crippen LogP) is 2.96. The third kappa shape index (κ3) is 1.30. The minimum absolute atomic E-state index is 0.330.